The van der Waals surface area contributed by atoms with Crippen molar-refractivity contribution in [2.45, 2.75) is 25.9 Å². The van der Waals surface area contributed by atoms with Crippen LogP contribution in [0.4, 0.5) is 0 Å². The van der Waals surface area contributed by atoms with E-state index in [1.807, 2.05) is 17.8 Å². The zero-order chi connectivity index (χ0) is 13.4. The van der Waals surface area contributed by atoms with Gasteiger partial charge in [0, 0.05) is 23.0 Å². The van der Waals surface area contributed by atoms with Gasteiger partial charge in [-0.3, -0.25) is 4.90 Å². The van der Waals surface area contributed by atoms with Crippen LogP contribution in [0, 0.1) is 11.8 Å². The van der Waals surface area contributed by atoms with Crippen LogP contribution in [0.5, 0.6) is 0 Å². The molecule has 1 unspecified atom stereocenters. The lowest BCUT2D eigenvalue weighted by atomic mass is 10.2. The standard InChI is InChI=1S/C14H21NOS2/c1-12(6-9-17-3)15(2)11-14-13(5-4-8-16)7-10-18-14/h7,10,12,16H,6,8-9,11H2,1-3H3. The van der Waals surface area contributed by atoms with E-state index in [4.69, 9.17) is 5.11 Å². The zero-order valence-corrected chi connectivity index (χ0v) is 12.9. The van der Waals surface area contributed by atoms with Gasteiger partial charge in [-0.1, -0.05) is 11.8 Å². The van der Waals surface area contributed by atoms with E-state index in [-0.39, 0.29) is 6.61 Å². The number of rotatable bonds is 6. The summed E-state index contributed by atoms with van der Waals surface area (Å²) in [5.74, 6) is 6.93. The largest absolute Gasteiger partial charge is 0.384 e. The molecule has 1 atom stereocenters. The van der Waals surface area contributed by atoms with Gasteiger partial charge in [0.15, 0.2) is 0 Å². The van der Waals surface area contributed by atoms with Crippen LogP contribution in [-0.4, -0.2) is 41.7 Å². The molecule has 1 aromatic heterocycles. The van der Waals surface area contributed by atoms with Crippen LogP contribution >= 0.6 is 23.1 Å². The number of hydrogen-bond acceptors (Lipinski definition) is 4. The highest BCUT2D eigenvalue weighted by atomic mass is 32.2. The quantitative estimate of drug-likeness (QED) is 0.812. The van der Waals surface area contributed by atoms with Gasteiger partial charge in [0.1, 0.15) is 6.61 Å². The Bertz CT molecular complexity index is 405. The molecular formula is C14H21NOS2. The molecule has 100 valence electrons. The third-order valence-electron chi connectivity index (χ3n) is 2.93. The molecule has 0 spiro atoms. The van der Waals surface area contributed by atoms with E-state index in [0.29, 0.717) is 6.04 Å². The molecule has 0 fully saturated rings. The summed E-state index contributed by atoms with van der Waals surface area (Å²) in [4.78, 5) is 3.65. The molecule has 0 aliphatic heterocycles. The minimum atomic E-state index is -0.0742. The van der Waals surface area contributed by atoms with Crippen LogP contribution in [0.25, 0.3) is 0 Å². The second kappa shape index (κ2) is 8.60. The molecule has 4 heteroatoms. The van der Waals surface area contributed by atoms with Crippen molar-refractivity contribution in [3.63, 3.8) is 0 Å². The highest BCUT2D eigenvalue weighted by Crippen LogP contribution is 2.19. The van der Waals surface area contributed by atoms with Gasteiger partial charge in [0.05, 0.1) is 0 Å². The fourth-order valence-electron chi connectivity index (χ4n) is 1.60. The van der Waals surface area contributed by atoms with Crippen LogP contribution in [0.1, 0.15) is 23.8 Å². The van der Waals surface area contributed by atoms with E-state index in [2.05, 4.69) is 42.3 Å². The van der Waals surface area contributed by atoms with Crippen molar-refractivity contribution in [1.82, 2.24) is 4.90 Å². The van der Waals surface area contributed by atoms with Crippen molar-refractivity contribution in [3.8, 4) is 11.8 Å². The van der Waals surface area contributed by atoms with Crippen molar-refractivity contribution in [2.75, 3.05) is 25.7 Å². The van der Waals surface area contributed by atoms with Crippen molar-refractivity contribution in [2.24, 2.45) is 0 Å². The first kappa shape index (κ1) is 15.6. The summed E-state index contributed by atoms with van der Waals surface area (Å²) in [6, 6.07) is 2.61. The first-order valence-corrected chi connectivity index (χ1v) is 8.31. The second-order valence-corrected chi connectivity index (χ2v) is 6.25. The van der Waals surface area contributed by atoms with E-state index in [9.17, 15) is 0 Å². The lowest BCUT2D eigenvalue weighted by Crippen LogP contribution is -2.28. The predicted molar refractivity (Wildman–Crippen MR) is 82.2 cm³/mol. The lowest BCUT2D eigenvalue weighted by molar-refractivity contribution is 0.247. The maximum atomic E-state index is 8.74. The van der Waals surface area contributed by atoms with Gasteiger partial charge in [-0.05, 0) is 43.8 Å². The molecule has 2 nitrogen and oxygen atoms in total. The predicted octanol–water partition coefficient (Wildman–Crippen LogP) is 2.67. The van der Waals surface area contributed by atoms with E-state index >= 15 is 0 Å². The van der Waals surface area contributed by atoms with E-state index in [0.717, 1.165) is 12.1 Å². The minimum absolute atomic E-state index is 0.0742. The van der Waals surface area contributed by atoms with Gasteiger partial charge < -0.3 is 5.11 Å². The maximum Gasteiger partial charge on any atom is 0.104 e. The highest BCUT2D eigenvalue weighted by molar-refractivity contribution is 7.98. The third kappa shape index (κ3) is 5.03. The Morgan fingerprint density at radius 3 is 3.00 bits per heavy atom. The summed E-state index contributed by atoms with van der Waals surface area (Å²) < 4.78 is 0. The molecular weight excluding hydrogens is 262 g/mol. The number of hydrogen-bond donors (Lipinski definition) is 1. The smallest absolute Gasteiger partial charge is 0.104 e. The Kier molecular flexibility index (Phi) is 7.45. The fourth-order valence-corrected chi connectivity index (χ4v) is 3.07. The molecule has 0 amide bonds. The number of nitrogens with zero attached hydrogens (tertiary/aromatic N) is 1. The van der Waals surface area contributed by atoms with Crippen molar-refractivity contribution >= 4 is 23.1 Å². The third-order valence-corrected chi connectivity index (χ3v) is 4.48. The van der Waals surface area contributed by atoms with Crippen LogP contribution in [0.15, 0.2) is 11.4 Å². The summed E-state index contributed by atoms with van der Waals surface area (Å²) in [5.41, 5.74) is 1.05. The monoisotopic (exact) mass is 283 g/mol. The first-order valence-electron chi connectivity index (χ1n) is 6.04. The number of aliphatic hydroxyl groups is 1. The number of aliphatic hydroxyl groups excluding tert-OH is 1. The molecule has 0 bridgehead atoms. The molecule has 0 radical (unpaired) electrons. The molecule has 1 heterocycles. The Morgan fingerprint density at radius 1 is 1.56 bits per heavy atom. The van der Waals surface area contributed by atoms with Crippen molar-refractivity contribution in [3.05, 3.63) is 21.9 Å². The minimum Gasteiger partial charge on any atom is -0.384 e. The fraction of sp³-hybridized carbons (Fsp3) is 0.571. The molecule has 0 saturated carbocycles. The van der Waals surface area contributed by atoms with Gasteiger partial charge in [-0.2, -0.15) is 11.8 Å². The van der Waals surface area contributed by atoms with Gasteiger partial charge in [0.2, 0.25) is 0 Å². The van der Waals surface area contributed by atoms with Crippen LogP contribution in [0.3, 0.4) is 0 Å². The molecule has 1 aromatic rings. The van der Waals surface area contributed by atoms with Crippen LogP contribution < -0.4 is 0 Å². The molecule has 0 saturated heterocycles. The molecule has 1 rings (SSSR count). The molecule has 0 aliphatic carbocycles. The van der Waals surface area contributed by atoms with E-state index in [1.165, 1.54) is 17.1 Å². The molecule has 1 N–H and O–H groups in total. The summed E-state index contributed by atoms with van der Waals surface area (Å²) in [6.07, 6.45) is 3.36. The summed E-state index contributed by atoms with van der Waals surface area (Å²) in [7, 11) is 2.16. The van der Waals surface area contributed by atoms with E-state index in [1.54, 1.807) is 11.3 Å². The molecule has 0 aromatic carbocycles. The van der Waals surface area contributed by atoms with Crippen LogP contribution in [0.2, 0.25) is 0 Å². The Hall–Kier alpha value is -0.470. The summed E-state index contributed by atoms with van der Waals surface area (Å²) in [6.45, 7) is 3.13. The Balaban J connectivity index is 2.58. The molecule has 18 heavy (non-hydrogen) atoms. The Morgan fingerprint density at radius 2 is 2.33 bits per heavy atom. The van der Waals surface area contributed by atoms with Crippen molar-refractivity contribution < 1.29 is 5.11 Å². The second-order valence-electron chi connectivity index (χ2n) is 4.26. The normalized spacial score (nSPS) is 12.3. The van der Waals surface area contributed by atoms with Gasteiger partial charge in [-0.15, -0.1) is 11.3 Å². The average molecular weight is 283 g/mol. The van der Waals surface area contributed by atoms with Crippen molar-refractivity contribution in [1.29, 1.82) is 0 Å². The van der Waals surface area contributed by atoms with Gasteiger partial charge in [0.25, 0.3) is 0 Å². The highest BCUT2D eigenvalue weighted by Gasteiger charge is 2.11. The van der Waals surface area contributed by atoms with Crippen LogP contribution in [-0.2, 0) is 6.54 Å². The number of thiophene rings is 1. The zero-order valence-electron chi connectivity index (χ0n) is 11.3. The maximum absolute atomic E-state index is 8.74. The number of thioether (sulfide) groups is 1. The van der Waals surface area contributed by atoms with E-state index < -0.39 is 0 Å². The SMILES string of the molecule is CSCCC(C)N(C)Cc1sccc1C#CCO. The summed E-state index contributed by atoms with van der Waals surface area (Å²) >= 11 is 3.63. The first-order chi connectivity index (χ1) is 8.69. The van der Waals surface area contributed by atoms with Gasteiger partial charge >= 0.3 is 0 Å². The molecule has 0 aliphatic rings. The average Bonchev–Trinajstić information content (AvgIpc) is 2.80. The van der Waals surface area contributed by atoms with Gasteiger partial charge in [-0.25, -0.2) is 0 Å². The summed E-state index contributed by atoms with van der Waals surface area (Å²) in [5, 5.41) is 10.8. The Labute approximate surface area is 118 Å². The topological polar surface area (TPSA) is 23.5 Å². The lowest BCUT2D eigenvalue weighted by Gasteiger charge is -2.24.